The Bertz CT molecular complexity index is 650. The standard InChI is InChI=1S/C14H16N4/c1-10(2)14-16-12-4-3-11(7-13(12)17-14)8-18-6-5-15-9-18/h3-7,9-10H,8H2,1-2H3,(H,16,17). The van der Waals surface area contributed by atoms with Crippen LogP contribution in [0.2, 0.25) is 0 Å². The Balaban J connectivity index is 1.95. The topological polar surface area (TPSA) is 46.5 Å². The molecule has 18 heavy (non-hydrogen) atoms. The van der Waals surface area contributed by atoms with Crippen LogP contribution in [0.25, 0.3) is 11.0 Å². The molecule has 0 bridgehead atoms. The van der Waals surface area contributed by atoms with Crippen molar-refractivity contribution >= 4 is 11.0 Å². The SMILES string of the molecule is CC(C)c1nc2ccc(Cn3ccnc3)cc2[nH]1. The summed E-state index contributed by atoms with van der Waals surface area (Å²) in [5.74, 6) is 1.47. The lowest BCUT2D eigenvalue weighted by molar-refractivity contribution is 0.796. The van der Waals surface area contributed by atoms with E-state index < -0.39 is 0 Å². The van der Waals surface area contributed by atoms with E-state index >= 15 is 0 Å². The van der Waals surface area contributed by atoms with E-state index in [1.54, 1.807) is 6.20 Å². The summed E-state index contributed by atoms with van der Waals surface area (Å²) >= 11 is 0. The van der Waals surface area contributed by atoms with Crippen molar-refractivity contribution in [3.05, 3.63) is 48.3 Å². The number of aromatic amines is 1. The Morgan fingerprint density at radius 2 is 2.22 bits per heavy atom. The zero-order chi connectivity index (χ0) is 12.5. The first-order chi connectivity index (χ1) is 8.72. The lowest BCUT2D eigenvalue weighted by Gasteiger charge is -2.01. The van der Waals surface area contributed by atoms with Gasteiger partial charge in [-0.05, 0) is 17.7 Å². The molecule has 1 aromatic carbocycles. The molecule has 0 aliphatic rings. The van der Waals surface area contributed by atoms with Gasteiger partial charge in [0.05, 0.1) is 17.4 Å². The number of nitrogens with zero attached hydrogens (tertiary/aromatic N) is 3. The van der Waals surface area contributed by atoms with Gasteiger partial charge in [0.2, 0.25) is 0 Å². The maximum atomic E-state index is 4.58. The van der Waals surface area contributed by atoms with Crippen LogP contribution in [-0.4, -0.2) is 19.5 Å². The number of fused-ring (bicyclic) bond motifs is 1. The van der Waals surface area contributed by atoms with Crippen molar-refractivity contribution in [1.29, 1.82) is 0 Å². The summed E-state index contributed by atoms with van der Waals surface area (Å²) in [5, 5.41) is 0. The fraction of sp³-hybridized carbons (Fsp3) is 0.286. The normalized spacial score (nSPS) is 11.5. The van der Waals surface area contributed by atoms with E-state index in [9.17, 15) is 0 Å². The predicted octanol–water partition coefficient (Wildman–Crippen LogP) is 2.93. The van der Waals surface area contributed by atoms with E-state index in [1.807, 2.05) is 12.5 Å². The smallest absolute Gasteiger partial charge is 0.109 e. The van der Waals surface area contributed by atoms with Gasteiger partial charge in [0.15, 0.2) is 0 Å². The first-order valence-corrected chi connectivity index (χ1v) is 6.16. The van der Waals surface area contributed by atoms with E-state index in [-0.39, 0.29) is 0 Å². The molecular formula is C14H16N4. The van der Waals surface area contributed by atoms with Crippen LogP contribution >= 0.6 is 0 Å². The van der Waals surface area contributed by atoms with Crippen molar-refractivity contribution in [3.63, 3.8) is 0 Å². The van der Waals surface area contributed by atoms with Crippen LogP contribution in [0.3, 0.4) is 0 Å². The molecule has 2 aromatic heterocycles. The van der Waals surface area contributed by atoms with Crippen LogP contribution in [0.1, 0.15) is 31.2 Å². The lowest BCUT2D eigenvalue weighted by atomic mass is 10.2. The summed E-state index contributed by atoms with van der Waals surface area (Å²) < 4.78 is 2.06. The molecule has 0 aliphatic carbocycles. The highest BCUT2D eigenvalue weighted by Crippen LogP contribution is 2.18. The number of aromatic nitrogens is 4. The maximum absolute atomic E-state index is 4.58. The molecule has 0 fully saturated rings. The number of hydrogen-bond donors (Lipinski definition) is 1. The molecule has 0 atom stereocenters. The van der Waals surface area contributed by atoms with Gasteiger partial charge in [-0.3, -0.25) is 0 Å². The minimum absolute atomic E-state index is 0.425. The first-order valence-electron chi connectivity index (χ1n) is 6.16. The van der Waals surface area contributed by atoms with Crippen LogP contribution in [0, 0.1) is 0 Å². The van der Waals surface area contributed by atoms with Crippen LogP contribution in [0.4, 0.5) is 0 Å². The van der Waals surface area contributed by atoms with Crippen molar-refractivity contribution < 1.29 is 0 Å². The monoisotopic (exact) mass is 240 g/mol. The zero-order valence-electron chi connectivity index (χ0n) is 10.6. The molecule has 0 spiro atoms. The Morgan fingerprint density at radius 3 is 2.94 bits per heavy atom. The van der Waals surface area contributed by atoms with Gasteiger partial charge in [-0.15, -0.1) is 0 Å². The highest BCUT2D eigenvalue weighted by atomic mass is 15.0. The predicted molar refractivity (Wildman–Crippen MR) is 71.5 cm³/mol. The van der Waals surface area contributed by atoms with Crippen LogP contribution in [0.15, 0.2) is 36.9 Å². The number of hydrogen-bond acceptors (Lipinski definition) is 2. The second-order valence-corrected chi connectivity index (χ2v) is 4.86. The molecule has 0 unspecified atom stereocenters. The lowest BCUT2D eigenvalue weighted by Crippen LogP contribution is -1.95. The molecule has 3 rings (SSSR count). The third-order valence-electron chi connectivity index (χ3n) is 3.04. The molecule has 0 radical (unpaired) electrons. The molecule has 1 N–H and O–H groups in total. The van der Waals surface area contributed by atoms with Gasteiger partial charge in [-0.25, -0.2) is 9.97 Å². The second kappa shape index (κ2) is 4.29. The Hall–Kier alpha value is -2.10. The molecule has 0 saturated heterocycles. The van der Waals surface area contributed by atoms with E-state index in [2.05, 4.69) is 51.6 Å². The number of benzene rings is 1. The van der Waals surface area contributed by atoms with Gasteiger partial charge in [0.1, 0.15) is 5.82 Å². The molecule has 4 nitrogen and oxygen atoms in total. The van der Waals surface area contributed by atoms with Crippen molar-refractivity contribution in [3.8, 4) is 0 Å². The molecule has 92 valence electrons. The molecule has 4 heteroatoms. The molecular weight excluding hydrogens is 224 g/mol. The highest BCUT2D eigenvalue weighted by Gasteiger charge is 2.06. The summed E-state index contributed by atoms with van der Waals surface area (Å²) in [6.45, 7) is 5.13. The number of rotatable bonds is 3. The average Bonchev–Trinajstić information content (AvgIpc) is 2.96. The molecule has 0 saturated carbocycles. The summed E-state index contributed by atoms with van der Waals surface area (Å²) in [4.78, 5) is 12.0. The quantitative estimate of drug-likeness (QED) is 0.765. The van der Waals surface area contributed by atoms with E-state index in [1.165, 1.54) is 5.56 Å². The van der Waals surface area contributed by atoms with Gasteiger partial charge in [-0.1, -0.05) is 19.9 Å². The maximum Gasteiger partial charge on any atom is 0.109 e. The van der Waals surface area contributed by atoms with Crippen molar-refractivity contribution in [1.82, 2.24) is 19.5 Å². The molecule has 0 aliphatic heterocycles. The average molecular weight is 240 g/mol. The minimum Gasteiger partial charge on any atom is -0.342 e. The zero-order valence-corrected chi connectivity index (χ0v) is 10.6. The van der Waals surface area contributed by atoms with Gasteiger partial charge < -0.3 is 9.55 Å². The fourth-order valence-electron chi connectivity index (χ4n) is 2.04. The molecule has 3 aromatic rings. The van der Waals surface area contributed by atoms with Crippen molar-refractivity contribution in [2.45, 2.75) is 26.3 Å². The van der Waals surface area contributed by atoms with E-state index in [4.69, 9.17) is 0 Å². The van der Waals surface area contributed by atoms with Gasteiger partial charge in [-0.2, -0.15) is 0 Å². The number of imidazole rings is 2. The molecule has 0 amide bonds. The highest BCUT2D eigenvalue weighted by molar-refractivity contribution is 5.76. The largest absolute Gasteiger partial charge is 0.342 e. The summed E-state index contributed by atoms with van der Waals surface area (Å²) in [6, 6.07) is 6.35. The third-order valence-corrected chi connectivity index (χ3v) is 3.04. The van der Waals surface area contributed by atoms with Gasteiger partial charge in [0.25, 0.3) is 0 Å². The van der Waals surface area contributed by atoms with Crippen molar-refractivity contribution in [2.24, 2.45) is 0 Å². The van der Waals surface area contributed by atoms with Gasteiger partial charge in [0, 0.05) is 24.9 Å². The fourth-order valence-corrected chi connectivity index (χ4v) is 2.04. The van der Waals surface area contributed by atoms with Crippen LogP contribution in [-0.2, 0) is 6.54 Å². The third kappa shape index (κ3) is 2.01. The van der Waals surface area contributed by atoms with E-state index in [0.29, 0.717) is 5.92 Å². The minimum atomic E-state index is 0.425. The van der Waals surface area contributed by atoms with Crippen LogP contribution in [0.5, 0.6) is 0 Å². The van der Waals surface area contributed by atoms with E-state index in [0.717, 1.165) is 23.4 Å². The number of nitrogens with one attached hydrogen (secondary N) is 1. The Labute approximate surface area is 106 Å². The van der Waals surface area contributed by atoms with Crippen LogP contribution < -0.4 is 0 Å². The molecule has 2 heterocycles. The van der Waals surface area contributed by atoms with Crippen molar-refractivity contribution in [2.75, 3.05) is 0 Å². The second-order valence-electron chi connectivity index (χ2n) is 4.86. The first kappa shape index (κ1) is 11.0. The Morgan fingerprint density at radius 1 is 1.33 bits per heavy atom. The number of H-pyrrole nitrogens is 1. The summed E-state index contributed by atoms with van der Waals surface area (Å²) in [6.07, 6.45) is 5.60. The van der Waals surface area contributed by atoms with Gasteiger partial charge >= 0.3 is 0 Å². The summed E-state index contributed by atoms with van der Waals surface area (Å²) in [7, 11) is 0. The Kier molecular flexibility index (Phi) is 2.63. The summed E-state index contributed by atoms with van der Waals surface area (Å²) in [5.41, 5.74) is 3.39.